The molecule has 1 atom stereocenters. The van der Waals surface area contributed by atoms with Gasteiger partial charge < -0.3 is 11.1 Å². The number of rotatable bonds is 5. The fourth-order valence-corrected chi connectivity index (χ4v) is 4.43. The number of hydrogen-bond acceptors (Lipinski definition) is 4. The molecule has 1 saturated carbocycles. The number of benzene rings is 1. The summed E-state index contributed by atoms with van der Waals surface area (Å²) in [5.74, 6) is -0.210. The molecule has 2 fully saturated rings. The molecule has 0 bridgehead atoms. The van der Waals surface area contributed by atoms with Crippen LogP contribution in [0.1, 0.15) is 36.5 Å². The van der Waals surface area contributed by atoms with E-state index in [9.17, 15) is 13.2 Å². The van der Waals surface area contributed by atoms with Crippen LogP contribution in [0.25, 0.3) is 0 Å². The van der Waals surface area contributed by atoms with Crippen molar-refractivity contribution in [1.82, 2.24) is 9.62 Å². The molecular formula is C16H23N3O3S. The van der Waals surface area contributed by atoms with Gasteiger partial charge in [-0.05, 0) is 49.4 Å². The van der Waals surface area contributed by atoms with Crippen molar-refractivity contribution in [1.29, 1.82) is 0 Å². The summed E-state index contributed by atoms with van der Waals surface area (Å²) in [5, 5.41) is 2.88. The lowest BCUT2D eigenvalue weighted by atomic mass is 9.90. The van der Waals surface area contributed by atoms with Gasteiger partial charge in [0.05, 0.1) is 4.90 Å². The molecule has 1 unspecified atom stereocenters. The minimum atomic E-state index is -3.59. The first-order valence-corrected chi connectivity index (χ1v) is 9.39. The number of nitrogens with two attached hydrogens (primary N) is 1. The number of hydrogen-bond donors (Lipinski definition) is 2. The number of carbonyl (C=O) groups is 1. The van der Waals surface area contributed by atoms with Crippen LogP contribution < -0.4 is 11.1 Å². The fraction of sp³-hybridized carbons (Fsp3) is 0.562. The van der Waals surface area contributed by atoms with E-state index in [2.05, 4.69) is 5.32 Å². The molecule has 23 heavy (non-hydrogen) atoms. The average Bonchev–Trinajstić information content (AvgIpc) is 3.26. The third-order valence-electron chi connectivity index (χ3n) is 4.66. The first-order valence-electron chi connectivity index (χ1n) is 7.95. The van der Waals surface area contributed by atoms with Crippen molar-refractivity contribution in [3.63, 3.8) is 0 Å². The van der Waals surface area contributed by atoms with Crippen molar-refractivity contribution < 1.29 is 13.2 Å². The summed E-state index contributed by atoms with van der Waals surface area (Å²) in [6.07, 6.45) is 2.74. The molecule has 126 valence electrons. The number of nitrogens with one attached hydrogen (secondary N) is 1. The molecular weight excluding hydrogens is 314 g/mol. The van der Waals surface area contributed by atoms with Gasteiger partial charge in [0.15, 0.2) is 0 Å². The lowest BCUT2D eigenvalue weighted by Crippen LogP contribution is -2.34. The van der Waals surface area contributed by atoms with E-state index in [1.54, 1.807) is 18.2 Å². The maximum absolute atomic E-state index is 12.8. The Morgan fingerprint density at radius 1 is 1.43 bits per heavy atom. The van der Waals surface area contributed by atoms with Crippen LogP contribution in [0.3, 0.4) is 0 Å². The van der Waals surface area contributed by atoms with Gasteiger partial charge in [0.25, 0.3) is 5.91 Å². The van der Waals surface area contributed by atoms with Crippen LogP contribution in [0.5, 0.6) is 0 Å². The van der Waals surface area contributed by atoms with Crippen LogP contribution >= 0.6 is 0 Å². The Bertz CT molecular complexity index is 715. The number of carbonyl (C=O) groups excluding carboxylic acids is 1. The van der Waals surface area contributed by atoms with Crippen molar-refractivity contribution in [3.8, 4) is 0 Å². The highest BCUT2D eigenvalue weighted by Gasteiger charge is 2.39. The number of amides is 1. The molecule has 1 aliphatic carbocycles. The second kappa shape index (κ2) is 5.89. The molecule has 0 radical (unpaired) electrons. The molecule has 3 N–H and O–H groups in total. The quantitative estimate of drug-likeness (QED) is 0.836. The van der Waals surface area contributed by atoms with Crippen LogP contribution in [0.2, 0.25) is 0 Å². The van der Waals surface area contributed by atoms with Gasteiger partial charge in [0, 0.05) is 24.7 Å². The van der Waals surface area contributed by atoms with Crippen molar-refractivity contribution >= 4 is 15.9 Å². The predicted octanol–water partition coefficient (Wildman–Crippen LogP) is 0.938. The molecule has 1 aromatic rings. The second-order valence-corrected chi connectivity index (χ2v) is 8.82. The van der Waals surface area contributed by atoms with E-state index >= 15 is 0 Å². The molecule has 0 spiro atoms. The summed E-state index contributed by atoms with van der Waals surface area (Å²) in [6.45, 7) is 3.35. The van der Waals surface area contributed by atoms with E-state index in [0.717, 1.165) is 19.3 Å². The number of nitrogens with zero attached hydrogens (tertiary/aromatic N) is 1. The lowest BCUT2D eigenvalue weighted by Gasteiger charge is -2.22. The highest BCUT2D eigenvalue weighted by Crippen LogP contribution is 2.32. The van der Waals surface area contributed by atoms with Gasteiger partial charge in [-0.15, -0.1) is 0 Å². The summed E-state index contributed by atoms with van der Waals surface area (Å²) in [7, 11) is -3.59. The van der Waals surface area contributed by atoms with E-state index in [-0.39, 0.29) is 22.3 Å². The maximum Gasteiger partial charge on any atom is 0.251 e. The molecule has 7 heteroatoms. The van der Waals surface area contributed by atoms with Crippen LogP contribution in [0, 0.1) is 5.41 Å². The highest BCUT2D eigenvalue weighted by molar-refractivity contribution is 7.89. The topological polar surface area (TPSA) is 92.5 Å². The first-order chi connectivity index (χ1) is 10.8. The van der Waals surface area contributed by atoms with Crippen molar-refractivity contribution in [2.75, 3.05) is 19.6 Å². The molecule has 6 nitrogen and oxygen atoms in total. The Hall–Kier alpha value is -1.44. The molecule has 0 aromatic heterocycles. The smallest absolute Gasteiger partial charge is 0.251 e. The minimum Gasteiger partial charge on any atom is -0.349 e. The standard InChI is InChI=1S/C16H23N3O3S/c1-16(10-17)7-8-19(11-16)23(21,22)14-4-2-3-12(9-14)15(20)18-13-5-6-13/h2-4,9,13H,5-8,10-11,17H2,1H3,(H,18,20). The molecule has 1 saturated heterocycles. The summed E-state index contributed by atoms with van der Waals surface area (Å²) in [4.78, 5) is 12.3. The number of sulfonamides is 1. The van der Waals surface area contributed by atoms with Crippen molar-refractivity contribution in [3.05, 3.63) is 29.8 Å². The third kappa shape index (κ3) is 3.41. The Labute approximate surface area is 137 Å². The molecule has 2 aliphatic rings. The van der Waals surface area contributed by atoms with Crippen LogP contribution in [-0.4, -0.2) is 44.3 Å². The van der Waals surface area contributed by atoms with E-state index in [0.29, 0.717) is 25.2 Å². The molecule has 1 heterocycles. The first kappa shape index (κ1) is 16.4. The monoisotopic (exact) mass is 337 g/mol. The van der Waals surface area contributed by atoms with Crippen LogP contribution in [-0.2, 0) is 10.0 Å². The van der Waals surface area contributed by atoms with Crippen LogP contribution in [0.4, 0.5) is 0 Å². The Morgan fingerprint density at radius 2 is 2.17 bits per heavy atom. The van der Waals surface area contributed by atoms with Gasteiger partial charge >= 0.3 is 0 Å². The summed E-state index contributed by atoms with van der Waals surface area (Å²) in [5.41, 5.74) is 5.97. The van der Waals surface area contributed by atoms with E-state index in [4.69, 9.17) is 5.73 Å². The van der Waals surface area contributed by atoms with Gasteiger partial charge in [-0.25, -0.2) is 8.42 Å². The zero-order valence-electron chi connectivity index (χ0n) is 13.3. The zero-order valence-corrected chi connectivity index (χ0v) is 14.1. The molecule has 1 aliphatic heterocycles. The van der Waals surface area contributed by atoms with Gasteiger partial charge in [-0.1, -0.05) is 13.0 Å². The maximum atomic E-state index is 12.8. The third-order valence-corrected chi connectivity index (χ3v) is 6.50. The molecule has 1 amide bonds. The second-order valence-electron chi connectivity index (χ2n) is 6.88. The summed E-state index contributed by atoms with van der Waals surface area (Å²) >= 11 is 0. The fourth-order valence-electron chi connectivity index (χ4n) is 2.79. The van der Waals surface area contributed by atoms with Gasteiger partial charge in [0.1, 0.15) is 0 Å². The van der Waals surface area contributed by atoms with Gasteiger partial charge in [-0.3, -0.25) is 4.79 Å². The SMILES string of the molecule is CC1(CN)CCN(S(=O)(=O)c2cccc(C(=O)NC3CC3)c2)C1. The average molecular weight is 337 g/mol. The lowest BCUT2D eigenvalue weighted by molar-refractivity contribution is 0.0951. The van der Waals surface area contributed by atoms with Gasteiger partial charge in [-0.2, -0.15) is 4.31 Å². The Morgan fingerprint density at radius 3 is 2.78 bits per heavy atom. The van der Waals surface area contributed by atoms with Gasteiger partial charge in [0.2, 0.25) is 10.0 Å². The van der Waals surface area contributed by atoms with Crippen molar-refractivity contribution in [2.24, 2.45) is 11.1 Å². The summed E-state index contributed by atoms with van der Waals surface area (Å²) in [6, 6.07) is 6.51. The Balaban J connectivity index is 1.81. The predicted molar refractivity (Wildman–Crippen MR) is 87.5 cm³/mol. The van der Waals surface area contributed by atoms with E-state index in [1.165, 1.54) is 10.4 Å². The zero-order chi connectivity index (χ0) is 16.7. The van der Waals surface area contributed by atoms with E-state index < -0.39 is 10.0 Å². The molecule has 1 aromatic carbocycles. The highest BCUT2D eigenvalue weighted by atomic mass is 32.2. The largest absolute Gasteiger partial charge is 0.349 e. The van der Waals surface area contributed by atoms with Crippen LogP contribution in [0.15, 0.2) is 29.2 Å². The Kier molecular flexibility index (Phi) is 4.20. The normalized spacial score (nSPS) is 25.5. The van der Waals surface area contributed by atoms with Crippen molar-refractivity contribution in [2.45, 2.75) is 37.1 Å². The summed E-state index contributed by atoms with van der Waals surface area (Å²) < 4.78 is 27.1. The molecule has 3 rings (SSSR count). The van der Waals surface area contributed by atoms with E-state index in [1.807, 2.05) is 6.92 Å². The minimum absolute atomic E-state index is 0.169.